The Hall–Kier alpha value is -1.66. The molecule has 0 saturated carbocycles. The van der Waals surface area contributed by atoms with Gasteiger partial charge in [0.1, 0.15) is 5.92 Å². The SMILES string of the molecule is CC(=CC(=O)O)C=C(C)CCCCCC[C@H](O)[C@H](CO)C(=O)O. The maximum Gasteiger partial charge on any atom is 0.328 e. The molecular formula is C17H28O6. The van der Waals surface area contributed by atoms with Gasteiger partial charge in [0, 0.05) is 6.08 Å². The molecule has 23 heavy (non-hydrogen) atoms. The van der Waals surface area contributed by atoms with Crippen molar-refractivity contribution in [3.63, 3.8) is 0 Å². The summed E-state index contributed by atoms with van der Waals surface area (Å²) in [6, 6.07) is 0. The van der Waals surface area contributed by atoms with Crippen molar-refractivity contribution in [2.75, 3.05) is 6.61 Å². The lowest BCUT2D eigenvalue weighted by Crippen LogP contribution is -2.31. The van der Waals surface area contributed by atoms with E-state index in [-0.39, 0.29) is 0 Å². The van der Waals surface area contributed by atoms with Crippen LogP contribution < -0.4 is 0 Å². The van der Waals surface area contributed by atoms with Gasteiger partial charge in [-0.15, -0.1) is 0 Å². The highest BCUT2D eigenvalue weighted by Gasteiger charge is 2.24. The molecule has 0 bridgehead atoms. The predicted molar refractivity (Wildman–Crippen MR) is 87.1 cm³/mol. The van der Waals surface area contributed by atoms with E-state index < -0.39 is 30.6 Å². The van der Waals surface area contributed by atoms with E-state index in [1.165, 1.54) is 6.08 Å². The smallest absolute Gasteiger partial charge is 0.328 e. The van der Waals surface area contributed by atoms with Gasteiger partial charge in [-0.05, 0) is 38.7 Å². The van der Waals surface area contributed by atoms with Crippen LogP contribution in [0.5, 0.6) is 0 Å². The predicted octanol–water partition coefficient (Wildman–Crippen LogP) is 2.36. The van der Waals surface area contributed by atoms with Gasteiger partial charge in [0.25, 0.3) is 0 Å². The van der Waals surface area contributed by atoms with Crippen LogP contribution in [-0.4, -0.2) is 45.1 Å². The van der Waals surface area contributed by atoms with Gasteiger partial charge in [-0.25, -0.2) is 4.79 Å². The first-order chi connectivity index (χ1) is 10.8. The first-order valence-corrected chi connectivity index (χ1v) is 7.88. The Balaban J connectivity index is 3.91. The zero-order valence-corrected chi connectivity index (χ0v) is 13.9. The summed E-state index contributed by atoms with van der Waals surface area (Å²) in [6.45, 7) is 3.16. The van der Waals surface area contributed by atoms with E-state index in [0.29, 0.717) is 18.4 Å². The summed E-state index contributed by atoms with van der Waals surface area (Å²) in [4.78, 5) is 21.3. The molecular weight excluding hydrogens is 300 g/mol. The molecule has 0 aliphatic carbocycles. The number of hydrogen-bond donors (Lipinski definition) is 4. The normalized spacial score (nSPS) is 15.3. The zero-order valence-electron chi connectivity index (χ0n) is 13.9. The minimum absolute atomic E-state index is 0.368. The molecule has 0 unspecified atom stereocenters. The van der Waals surface area contributed by atoms with Crippen molar-refractivity contribution >= 4 is 11.9 Å². The molecule has 0 spiro atoms. The minimum Gasteiger partial charge on any atom is -0.481 e. The monoisotopic (exact) mass is 328 g/mol. The van der Waals surface area contributed by atoms with E-state index in [1.807, 2.05) is 13.0 Å². The van der Waals surface area contributed by atoms with E-state index >= 15 is 0 Å². The molecule has 2 atom stereocenters. The Kier molecular flexibility index (Phi) is 11.0. The summed E-state index contributed by atoms with van der Waals surface area (Å²) in [6.07, 6.45) is 6.77. The van der Waals surface area contributed by atoms with Gasteiger partial charge < -0.3 is 20.4 Å². The molecule has 0 aliphatic heterocycles. The largest absolute Gasteiger partial charge is 0.481 e. The topological polar surface area (TPSA) is 115 Å². The van der Waals surface area contributed by atoms with E-state index in [2.05, 4.69) is 0 Å². The van der Waals surface area contributed by atoms with Gasteiger partial charge in [0.15, 0.2) is 0 Å². The second-order valence-corrected chi connectivity index (χ2v) is 5.86. The number of carboxylic acids is 2. The number of aliphatic hydroxyl groups is 2. The van der Waals surface area contributed by atoms with Crippen LogP contribution in [0.25, 0.3) is 0 Å². The van der Waals surface area contributed by atoms with Gasteiger partial charge >= 0.3 is 11.9 Å². The van der Waals surface area contributed by atoms with Crippen molar-refractivity contribution in [1.82, 2.24) is 0 Å². The molecule has 0 radical (unpaired) electrons. The maximum absolute atomic E-state index is 10.8. The molecule has 4 N–H and O–H groups in total. The molecule has 0 heterocycles. The highest BCUT2D eigenvalue weighted by atomic mass is 16.4. The summed E-state index contributed by atoms with van der Waals surface area (Å²) in [7, 11) is 0. The molecule has 0 aromatic heterocycles. The van der Waals surface area contributed by atoms with Crippen LogP contribution in [-0.2, 0) is 9.59 Å². The van der Waals surface area contributed by atoms with Crippen LogP contribution in [0.3, 0.4) is 0 Å². The highest BCUT2D eigenvalue weighted by Crippen LogP contribution is 2.15. The molecule has 0 fully saturated rings. The van der Waals surface area contributed by atoms with E-state index in [9.17, 15) is 14.7 Å². The average Bonchev–Trinajstić information content (AvgIpc) is 2.41. The second kappa shape index (κ2) is 11.8. The number of allylic oxidation sites excluding steroid dienone is 3. The first kappa shape index (κ1) is 21.3. The van der Waals surface area contributed by atoms with Crippen molar-refractivity contribution in [2.45, 2.75) is 58.5 Å². The molecule has 6 nitrogen and oxygen atoms in total. The highest BCUT2D eigenvalue weighted by molar-refractivity contribution is 5.81. The third-order valence-electron chi connectivity index (χ3n) is 3.62. The van der Waals surface area contributed by atoms with Crippen LogP contribution in [0.1, 0.15) is 52.4 Å². The summed E-state index contributed by atoms with van der Waals surface area (Å²) < 4.78 is 0. The molecule has 0 aromatic carbocycles. The Labute approximate surface area is 137 Å². The summed E-state index contributed by atoms with van der Waals surface area (Å²) in [5.41, 5.74) is 1.83. The van der Waals surface area contributed by atoms with Crippen LogP contribution in [0, 0.1) is 5.92 Å². The second-order valence-electron chi connectivity index (χ2n) is 5.86. The van der Waals surface area contributed by atoms with E-state index in [4.69, 9.17) is 15.3 Å². The summed E-state index contributed by atoms with van der Waals surface area (Å²) >= 11 is 0. The summed E-state index contributed by atoms with van der Waals surface area (Å²) in [5, 5.41) is 36.0. The number of carboxylic acid groups (broad SMARTS) is 2. The Morgan fingerprint density at radius 3 is 2.13 bits per heavy atom. The molecule has 6 heteroatoms. The van der Waals surface area contributed by atoms with Gasteiger partial charge in [0.05, 0.1) is 12.7 Å². The number of aliphatic hydroxyl groups excluding tert-OH is 2. The fourth-order valence-corrected chi connectivity index (χ4v) is 2.37. The number of carbonyl (C=O) groups is 2. The lowest BCUT2D eigenvalue weighted by atomic mass is 9.97. The first-order valence-electron chi connectivity index (χ1n) is 7.88. The van der Waals surface area contributed by atoms with Crippen molar-refractivity contribution in [3.8, 4) is 0 Å². The molecule has 0 aromatic rings. The van der Waals surface area contributed by atoms with Crippen LogP contribution in [0.2, 0.25) is 0 Å². The molecule has 0 amide bonds. The fourth-order valence-electron chi connectivity index (χ4n) is 2.37. The Bertz CT molecular complexity index is 438. The molecule has 0 rings (SSSR count). The van der Waals surface area contributed by atoms with Gasteiger partial charge in [-0.1, -0.05) is 30.9 Å². The lowest BCUT2D eigenvalue weighted by Gasteiger charge is -2.16. The number of hydrogen-bond acceptors (Lipinski definition) is 4. The minimum atomic E-state index is -1.18. The number of aliphatic carboxylic acids is 2. The number of unbranched alkanes of at least 4 members (excludes halogenated alkanes) is 3. The van der Waals surface area contributed by atoms with Gasteiger partial charge in [0.2, 0.25) is 0 Å². The Morgan fingerprint density at radius 1 is 1.00 bits per heavy atom. The van der Waals surface area contributed by atoms with Crippen LogP contribution >= 0.6 is 0 Å². The van der Waals surface area contributed by atoms with Crippen molar-refractivity contribution in [2.24, 2.45) is 5.92 Å². The van der Waals surface area contributed by atoms with E-state index in [1.54, 1.807) is 6.92 Å². The van der Waals surface area contributed by atoms with Crippen LogP contribution in [0.15, 0.2) is 23.3 Å². The van der Waals surface area contributed by atoms with Crippen molar-refractivity contribution < 1.29 is 30.0 Å². The van der Waals surface area contributed by atoms with Crippen LogP contribution in [0.4, 0.5) is 0 Å². The van der Waals surface area contributed by atoms with Crippen molar-refractivity contribution in [1.29, 1.82) is 0 Å². The molecule has 0 aliphatic rings. The van der Waals surface area contributed by atoms with Gasteiger partial charge in [-0.2, -0.15) is 0 Å². The standard InChI is InChI=1S/C17H28O6/c1-12(9-13(2)10-16(20)21)7-5-3-4-6-8-15(19)14(11-18)17(22)23/h9-10,14-15,18-19H,3-8,11H2,1-2H3,(H,20,21)(H,22,23)/t14-,15-/m0/s1. The third kappa shape index (κ3) is 10.7. The third-order valence-corrected chi connectivity index (χ3v) is 3.62. The fraction of sp³-hybridized carbons (Fsp3) is 0.647. The van der Waals surface area contributed by atoms with Gasteiger partial charge in [-0.3, -0.25) is 4.79 Å². The number of rotatable bonds is 12. The van der Waals surface area contributed by atoms with Crippen molar-refractivity contribution in [3.05, 3.63) is 23.3 Å². The lowest BCUT2D eigenvalue weighted by molar-refractivity contribution is -0.147. The average molecular weight is 328 g/mol. The quantitative estimate of drug-likeness (QED) is 0.248. The maximum atomic E-state index is 10.8. The summed E-state index contributed by atoms with van der Waals surface area (Å²) in [5.74, 6) is -3.23. The molecule has 0 saturated heterocycles. The zero-order chi connectivity index (χ0) is 17.8. The van der Waals surface area contributed by atoms with E-state index in [0.717, 1.165) is 31.3 Å². The molecule has 132 valence electrons. The Morgan fingerprint density at radius 2 is 1.61 bits per heavy atom.